The number of ether oxygens (including phenoxy) is 1. The van der Waals surface area contributed by atoms with Gasteiger partial charge in [-0.05, 0) is 36.4 Å². The molecular formula is C14H13BrClNO3S. The molecule has 0 aliphatic rings. The van der Waals surface area contributed by atoms with Crippen molar-refractivity contribution in [2.45, 2.75) is 4.90 Å². The van der Waals surface area contributed by atoms with Crippen molar-refractivity contribution in [3.8, 4) is 5.75 Å². The highest BCUT2D eigenvalue weighted by Gasteiger charge is 2.21. The predicted molar refractivity (Wildman–Crippen MR) is 87.6 cm³/mol. The smallest absolute Gasteiger partial charge is 0.185 e. The number of hydrogen-bond donors (Lipinski definition) is 1. The summed E-state index contributed by atoms with van der Waals surface area (Å²) in [4.78, 5) is -0.0360. The Morgan fingerprint density at radius 1 is 1.14 bits per heavy atom. The minimum atomic E-state index is -3.59. The minimum Gasteiger partial charge on any atom is -0.493 e. The highest BCUT2D eigenvalue weighted by molar-refractivity contribution is 9.10. The molecule has 0 saturated carbocycles. The first kappa shape index (κ1) is 16.1. The zero-order chi connectivity index (χ0) is 15.5. The summed E-state index contributed by atoms with van der Waals surface area (Å²) in [5, 5.41) is 0.124. The number of halogens is 2. The van der Waals surface area contributed by atoms with Gasteiger partial charge in [0.05, 0.1) is 16.5 Å². The second kappa shape index (κ2) is 6.68. The second-order valence-electron chi connectivity index (χ2n) is 4.28. The standard InChI is InChI=1S/C14H13BrClNO3S/c15-10-4-6-11(7-5-10)20-8-9-21(18,19)14-12(16)2-1-3-13(14)17/h1-7H,8-9,17H2. The first-order chi connectivity index (χ1) is 9.90. The largest absolute Gasteiger partial charge is 0.493 e. The van der Waals surface area contributed by atoms with Gasteiger partial charge in [0.25, 0.3) is 0 Å². The number of nitrogens with two attached hydrogens (primary N) is 1. The van der Waals surface area contributed by atoms with Gasteiger partial charge in [-0.15, -0.1) is 0 Å². The molecule has 0 saturated heterocycles. The molecule has 2 aromatic rings. The molecule has 0 aliphatic carbocycles. The van der Waals surface area contributed by atoms with Crippen molar-refractivity contribution in [2.24, 2.45) is 0 Å². The summed E-state index contributed by atoms with van der Waals surface area (Å²) in [7, 11) is -3.59. The van der Waals surface area contributed by atoms with Crippen LogP contribution in [0, 0.1) is 0 Å². The lowest BCUT2D eigenvalue weighted by atomic mass is 10.3. The van der Waals surface area contributed by atoms with Crippen LogP contribution >= 0.6 is 27.5 Å². The molecule has 4 nitrogen and oxygen atoms in total. The van der Waals surface area contributed by atoms with Crippen molar-refractivity contribution in [1.82, 2.24) is 0 Å². The summed E-state index contributed by atoms with van der Waals surface area (Å²) in [6, 6.07) is 11.7. The van der Waals surface area contributed by atoms with E-state index in [9.17, 15) is 8.42 Å². The molecule has 0 atom stereocenters. The second-order valence-corrected chi connectivity index (χ2v) is 7.65. The van der Waals surface area contributed by atoms with Gasteiger partial charge in [-0.25, -0.2) is 8.42 Å². The molecule has 0 bridgehead atoms. The van der Waals surface area contributed by atoms with Crippen LogP contribution in [0.2, 0.25) is 5.02 Å². The van der Waals surface area contributed by atoms with Crippen LogP contribution in [0.15, 0.2) is 51.8 Å². The minimum absolute atomic E-state index is 0.0224. The van der Waals surface area contributed by atoms with Crippen molar-refractivity contribution < 1.29 is 13.2 Å². The number of nitrogen functional groups attached to an aromatic ring is 1. The van der Waals surface area contributed by atoms with Gasteiger partial charge in [0.15, 0.2) is 9.84 Å². The van der Waals surface area contributed by atoms with Gasteiger partial charge in [0.1, 0.15) is 17.3 Å². The van der Waals surface area contributed by atoms with Gasteiger partial charge in [-0.2, -0.15) is 0 Å². The first-order valence-corrected chi connectivity index (χ1v) is 8.87. The molecule has 112 valence electrons. The van der Waals surface area contributed by atoms with Crippen LogP contribution < -0.4 is 10.5 Å². The third-order valence-electron chi connectivity index (χ3n) is 2.74. The molecule has 0 unspecified atom stereocenters. The van der Waals surface area contributed by atoms with Crippen LogP contribution in [-0.4, -0.2) is 20.8 Å². The quantitative estimate of drug-likeness (QED) is 0.793. The van der Waals surface area contributed by atoms with Crippen LogP contribution in [0.4, 0.5) is 5.69 Å². The van der Waals surface area contributed by atoms with Crippen LogP contribution in [0.1, 0.15) is 0 Å². The van der Waals surface area contributed by atoms with Gasteiger partial charge in [0, 0.05) is 4.47 Å². The van der Waals surface area contributed by atoms with E-state index >= 15 is 0 Å². The monoisotopic (exact) mass is 389 g/mol. The lowest BCUT2D eigenvalue weighted by Gasteiger charge is -2.10. The Labute approximate surface area is 136 Å². The van der Waals surface area contributed by atoms with Crippen molar-refractivity contribution in [2.75, 3.05) is 18.1 Å². The lowest BCUT2D eigenvalue weighted by Crippen LogP contribution is -2.16. The Morgan fingerprint density at radius 2 is 1.81 bits per heavy atom. The molecule has 0 spiro atoms. The van der Waals surface area contributed by atoms with E-state index < -0.39 is 9.84 Å². The van der Waals surface area contributed by atoms with Gasteiger partial charge in [0.2, 0.25) is 0 Å². The fourth-order valence-corrected chi connectivity index (χ4v) is 3.85. The zero-order valence-electron chi connectivity index (χ0n) is 10.9. The lowest BCUT2D eigenvalue weighted by molar-refractivity contribution is 0.341. The van der Waals surface area contributed by atoms with E-state index in [2.05, 4.69) is 15.9 Å². The Morgan fingerprint density at radius 3 is 2.43 bits per heavy atom. The van der Waals surface area contributed by atoms with E-state index in [0.29, 0.717) is 5.75 Å². The number of hydrogen-bond acceptors (Lipinski definition) is 4. The summed E-state index contributed by atoms with van der Waals surface area (Å²) in [6.07, 6.45) is 0. The van der Waals surface area contributed by atoms with E-state index in [1.807, 2.05) is 12.1 Å². The topological polar surface area (TPSA) is 69.4 Å². The van der Waals surface area contributed by atoms with E-state index in [1.165, 1.54) is 12.1 Å². The molecule has 0 amide bonds. The Balaban J connectivity index is 2.07. The van der Waals surface area contributed by atoms with Crippen LogP contribution in [0.5, 0.6) is 5.75 Å². The molecule has 0 aromatic heterocycles. The molecule has 0 radical (unpaired) electrons. The summed E-state index contributed by atoms with van der Waals surface area (Å²) in [5.41, 5.74) is 5.84. The molecule has 7 heteroatoms. The van der Waals surface area contributed by atoms with Crippen LogP contribution in [-0.2, 0) is 9.84 Å². The van der Waals surface area contributed by atoms with Gasteiger partial charge in [-0.3, -0.25) is 0 Å². The molecule has 0 fully saturated rings. The highest BCUT2D eigenvalue weighted by Crippen LogP contribution is 2.28. The third kappa shape index (κ3) is 4.12. The Bertz CT molecular complexity index is 712. The molecule has 0 heterocycles. The van der Waals surface area contributed by atoms with Gasteiger partial charge < -0.3 is 10.5 Å². The summed E-state index contributed by atoms with van der Waals surface area (Å²) in [6.45, 7) is 0.0224. The normalized spacial score (nSPS) is 11.3. The molecule has 0 aliphatic heterocycles. The fourth-order valence-electron chi connectivity index (χ4n) is 1.76. The Hall–Kier alpha value is -1.24. The molecule has 2 N–H and O–H groups in total. The van der Waals surface area contributed by atoms with Crippen molar-refractivity contribution in [3.63, 3.8) is 0 Å². The molecular weight excluding hydrogens is 378 g/mol. The first-order valence-electron chi connectivity index (χ1n) is 6.05. The van der Waals surface area contributed by atoms with E-state index in [-0.39, 0.29) is 28.0 Å². The fraction of sp³-hybridized carbons (Fsp3) is 0.143. The van der Waals surface area contributed by atoms with E-state index in [0.717, 1.165) is 4.47 Å². The van der Waals surface area contributed by atoms with Gasteiger partial charge in [-0.1, -0.05) is 33.6 Å². The average molecular weight is 391 g/mol. The van der Waals surface area contributed by atoms with Crippen molar-refractivity contribution in [3.05, 3.63) is 52.0 Å². The van der Waals surface area contributed by atoms with E-state index in [1.54, 1.807) is 18.2 Å². The number of benzene rings is 2. The predicted octanol–water partition coefficient (Wildman–Crippen LogP) is 3.54. The number of sulfone groups is 1. The zero-order valence-corrected chi connectivity index (χ0v) is 14.1. The SMILES string of the molecule is Nc1cccc(Cl)c1S(=O)(=O)CCOc1ccc(Br)cc1. The average Bonchev–Trinajstić information content (AvgIpc) is 2.40. The summed E-state index contributed by atoms with van der Waals surface area (Å²) >= 11 is 9.23. The van der Waals surface area contributed by atoms with Crippen LogP contribution in [0.3, 0.4) is 0 Å². The Kier molecular flexibility index (Phi) is 5.13. The molecule has 2 aromatic carbocycles. The molecule has 2 rings (SSSR count). The van der Waals surface area contributed by atoms with Crippen molar-refractivity contribution in [1.29, 1.82) is 0 Å². The van der Waals surface area contributed by atoms with Crippen molar-refractivity contribution >= 4 is 43.1 Å². The maximum absolute atomic E-state index is 12.3. The molecule has 21 heavy (non-hydrogen) atoms. The maximum Gasteiger partial charge on any atom is 0.185 e. The summed E-state index contributed by atoms with van der Waals surface area (Å²) < 4.78 is 30.9. The highest BCUT2D eigenvalue weighted by atomic mass is 79.9. The summed E-state index contributed by atoms with van der Waals surface area (Å²) in [5.74, 6) is 0.400. The maximum atomic E-state index is 12.3. The number of rotatable bonds is 5. The van der Waals surface area contributed by atoms with E-state index in [4.69, 9.17) is 22.1 Å². The number of anilines is 1. The van der Waals surface area contributed by atoms with Gasteiger partial charge >= 0.3 is 0 Å². The van der Waals surface area contributed by atoms with Crippen LogP contribution in [0.25, 0.3) is 0 Å². The third-order valence-corrected chi connectivity index (χ3v) is 5.48.